The summed E-state index contributed by atoms with van der Waals surface area (Å²) >= 11 is 5.99. The quantitative estimate of drug-likeness (QED) is 0.674. The second-order valence-electron chi connectivity index (χ2n) is 2.70. The van der Waals surface area contributed by atoms with Crippen LogP contribution in [-0.2, 0) is 4.74 Å². The van der Waals surface area contributed by atoms with E-state index >= 15 is 0 Å². The molecule has 0 radical (unpaired) electrons. The standard InChI is InChI=1S/C9H7ClN2O2/c1-14-9(13)6-5-11-12-4-2-3-7(12)8(6)10/h2-5H,1H3. The zero-order chi connectivity index (χ0) is 10.1. The molecule has 2 heterocycles. The van der Waals surface area contributed by atoms with E-state index in [2.05, 4.69) is 9.84 Å². The van der Waals surface area contributed by atoms with Gasteiger partial charge in [0.1, 0.15) is 5.56 Å². The second kappa shape index (κ2) is 3.31. The van der Waals surface area contributed by atoms with Crippen molar-refractivity contribution in [2.24, 2.45) is 0 Å². The third-order valence-electron chi connectivity index (χ3n) is 1.91. The summed E-state index contributed by atoms with van der Waals surface area (Å²) in [5.41, 5.74) is 0.968. The molecule has 0 aliphatic carbocycles. The van der Waals surface area contributed by atoms with Crippen LogP contribution >= 0.6 is 11.6 Å². The van der Waals surface area contributed by atoms with Crippen LogP contribution in [0.3, 0.4) is 0 Å². The molecule has 0 unspecified atom stereocenters. The van der Waals surface area contributed by atoms with Crippen molar-refractivity contribution in [1.29, 1.82) is 0 Å². The molecule has 0 saturated carbocycles. The van der Waals surface area contributed by atoms with E-state index in [9.17, 15) is 4.79 Å². The maximum atomic E-state index is 11.2. The highest BCUT2D eigenvalue weighted by Crippen LogP contribution is 2.21. The fraction of sp³-hybridized carbons (Fsp3) is 0.111. The Hall–Kier alpha value is -1.55. The first-order valence-corrected chi connectivity index (χ1v) is 4.32. The van der Waals surface area contributed by atoms with Crippen LogP contribution in [0.25, 0.3) is 5.52 Å². The van der Waals surface area contributed by atoms with Gasteiger partial charge in [-0.3, -0.25) is 0 Å². The molecular formula is C9H7ClN2O2. The molecule has 0 aliphatic rings. The van der Waals surface area contributed by atoms with Crippen LogP contribution in [0, 0.1) is 0 Å². The average Bonchev–Trinajstić information content (AvgIpc) is 2.66. The molecular weight excluding hydrogens is 204 g/mol. The number of nitrogens with zero attached hydrogens (tertiary/aromatic N) is 2. The summed E-state index contributed by atoms with van der Waals surface area (Å²) in [6.45, 7) is 0. The van der Waals surface area contributed by atoms with Crippen LogP contribution < -0.4 is 0 Å². The highest BCUT2D eigenvalue weighted by atomic mass is 35.5. The number of hydrogen-bond acceptors (Lipinski definition) is 3. The minimum atomic E-state index is -0.480. The minimum absolute atomic E-state index is 0.278. The van der Waals surface area contributed by atoms with Crippen molar-refractivity contribution in [2.45, 2.75) is 0 Å². The van der Waals surface area contributed by atoms with Gasteiger partial charge < -0.3 is 4.74 Å². The zero-order valence-electron chi connectivity index (χ0n) is 7.40. The molecule has 0 amide bonds. The number of fused-ring (bicyclic) bond motifs is 1. The predicted octanol–water partition coefficient (Wildman–Crippen LogP) is 1.77. The Morgan fingerprint density at radius 3 is 3.14 bits per heavy atom. The fourth-order valence-electron chi connectivity index (χ4n) is 1.21. The van der Waals surface area contributed by atoms with Crippen LogP contribution in [0.4, 0.5) is 0 Å². The molecule has 4 nitrogen and oxygen atoms in total. The van der Waals surface area contributed by atoms with Crippen LogP contribution in [0.1, 0.15) is 10.4 Å². The predicted molar refractivity (Wildman–Crippen MR) is 51.5 cm³/mol. The van der Waals surface area contributed by atoms with E-state index in [1.807, 2.05) is 0 Å². The van der Waals surface area contributed by atoms with E-state index in [1.165, 1.54) is 13.3 Å². The van der Waals surface area contributed by atoms with Gasteiger partial charge in [-0.15, -0.1) is 0 Å². The van der Waals surface area contributed by atoms with E-state index in [0.717, 1.165) is 0 Å². The van der Waals surface area contributed by atoms with Gasteiger partial charge in [-0.2, -0.15) is 5.10 Å². The van der Waals surface area contributed by atoms with Crippen LogP contribution in [-0.4, -0.2) is 22.7 Å². The zero-order valence-corrected chi connectivity index (χ0v) is 8.15. The molecule has 5 heteroatoms. The Kier molecular flexibility index (Phi) is 2.13. The molecule has 0 bridgehead atoms. The second-order valence-corrected chi connectivity index (χ2v) is 3.08. The number of halogens is 1. The normalized spacial score (nSPS) is 10.4. The lowest BCUT2D eigenvalue weighted by Gasteiger charge is -2.02. The van der Waals surface area contributed by atoms with Crippen molar-refractivity contribution in [1.82, 2.24) is 9.61 Å². The fourth-order valence-corrected chi connectivity index (χ4v) is 1.49. The van der Waals surface area contributed by atoms with Crippen molar-refractivity contribution >= 4 is 23.1 Å². The molecule has 0 saturated heterocycles. The van der Waals surface area contributed by atoms with Gasteiger partial charge in [0, 0.05) is 6.20 Å². The lowest BCUT2D eigenvalue weighted by atomic mass is 10.3. The van der Waals surface area contributed by atoms with E-state index in [0.29, 0.717) is 10.5 Å². The Labute approximate surface area is 85.0 Å². The first kappa shape index (κ1) is 9.02. The maximum Gasteiger partial charge on any atom is 0.341 e. The molecule has 0 spiro atoms. The van der Waals surface area contributed by atoms with Gasteiger partial charge in [-0.25, -0.2) is 9.31 Å². The summed E-state index contributed by atoms with van der Waals surface area (Å²) in [4.78, 5) is 11.2. The van der Waals surface area contributed by atoms with Crippen LogP contribution in [0.5, 0.6) is 0 Å². The number of ether oxygens (including phenoxy) is 1. The first-order chi connectivity index (χ1) is 6.74. The molecule has 0 aliphatic heterocycles. The maximum absolute atomic E-state index is 11.2. The lowest BCUT2D eigenvalue weighted by molar-refractivity contribution is 0.0600. The van der Waals surface area contributed by atoms with Crippen molar-refractivity contribution < 1.29 is 9.53 Å². The Bertz CT molecular complexity index is 493. The van der Waals surface area contributed by atoms with Crippen molar-refractivity contribution in [3.8, 4) is 0 Å². The van der Waals surface area contributed by atoms with Crippen LogP contribution in [0.15, 0.2) is 24.5 Å². The molecule has 0 aromatic carbocycles. The summed E-state index contributed by atoms with van der Waals surface area (Å²) in [6, 6.07) is 3.58. The number of carbonyl (C=O) groups excluding carboxylic acids is 1. The van der Waals surface area contributed by atoms with Gasteiger partial charge in [0.25, 0.3) is 0 Å². The smallest absolute Gasteiger partial charge is 0.341 e. The van der Waals surface area contributed by atoms with Gasteiger partial charge in [0.05, 0.1) is 23.8 Å². The third-order valence-corrected chi connectivity index (χ3v) is 2.30. The molecule has 2 rings (SSSR count). The lowest BCUT2D eigenvalue weighted by Crippen LogP contribution is -2.05. The highest BCUT2D eigenvalue weighted by molar-refractivity contribution is 6.36. The number of rotatable bonds is 1. The SMILES string of the molecule is COC(=O)c1cnn2cccc2c1Cl. The van der Waals surface area contributed by atoms with Crippen molar-refractivity contribution in [3.63, 3.8) is 0 Å². The molecule has 0 fully saturated rings. The van der Waals surface area contributed by atoms with Gasteiger partial charge in [-0.05, 0) is 12.1 Å². The number of esters is 1. The van der Waals surface area contributed by atoms with Gasteiger partial charge in [-0.1, -0.05) is 11.6 Å². The Morgan fingerprint density at radius 1 is 1.64 bits per heavy atom. The van der Waals surface area contributed by atoms with Gasteiger partial charge in [0.2, 0.25) is 0 Å². The molecule has 0 atom stereocenters. The third kappa shape index (κ3) is 1.24. The summed E-state index contributed by atoms with van der Waals surface area (Å²) in [7, 11) is 1.31. The van der Waals surface area contributed by atoms with Gasteiger partial charge in [0.15, 0.2) is 0 Å². The number of aromatic nitrogens is 2. The van der Waals surface area contributed by atoms with Crippen molar-refractivity contribution in [3.05, 3.63) is 35.1 Å². The van der Waals surface area contributed by atoms with Gasteiger partial charge >= 0.3 is 5.97 Å². The highest BCUT2D eigenvalue weighted by Gasteiger charge is 2.13. The summed E-state index contributed by atoms with van der Waals surface area (Å²) in [6.07, 6.45) is 3.14. The minimum Gasteiger partial charge on any atom is -0.465 e. The number of methoxy groups -OCH3 is 1. The monoisotopic (exact) mass is 210 g/mol. The van der Waals surface area contributed by atoms with E-state index in [4.69, 9.17) is 11.6 Å². The molecule has 0 N–H and O–H groups in total. The van der Waals surface area contributed by atoms with Crippen molar-refractivity contribution in [2.75, 3.05) is 7.11 Å². The molecule has 14 heavy (non-hydrogen) atoms. The van der Waals surface area contributed by atoms with Crippen LogP contribution in [0.2, 0.25) is 5.02 Å². The Balaban J connectivity index is 2.67. The van der Waals surface area contributed by atoms with E-state index in [1.54, 1.807) is 22.8 Å². The number of carbonyl (C=O) groups is 1. The topological polar surface area (TPSA) is 43.6 Å². The largest absolute Gasteiger partial charge is 0.465 e. The summed E-state index contributed by atoms with van der Waals surface area (Å²) in [5, 5.41) is 4.36. The summed E-state index contributed by atoms with van der Waals surface area (Å²) in [5.74, 6) is -0.480. The molecule has 2 aromatic rings. The average molecular weight is 211 g/mol. The number of hydrogen-bond donors (Lipinski definition) is 0. The summed E-state index contributed by atoms with van der Waals surface area (Å²) < 4.78 is 6.16. The molecule has 2 aromatic heterocycles. The Morgan fingerprint density at radius 2 is 2.43 bits per heavy atom. The van der Waals surface area contributed by atoms with E-state index < -0.39 is 5.97 Å². The van der Waals surface area contributed by atoms with E-state index in [-0.39, 0.29) is 5.56 Å². The molecule has 72 valence electrons. The first-order valence-electron chi connectivity index (χ1n) is 3.94.